The van der Waals surface area contributed by atoms with Crippen LogP contribution in [0.2, 0.25) is 0 Å². The summed E-state index contributed by atoms with van der Waals surface area (Å²) in [5, 5.41) is 15.6. The van der Waals surface area contributed by atoms with E-state index < -0.39 is 0 Å². The van der Waals surface area contributed by atoms with Gasteiger partial charge in [-0.2, -0.15) is 0 Å². The Balaban J connectivity index is 1.43. The van der Waals surface area contributed by atoms with Crippen LogP contribution in [0.15, 0.2) is 24.3 Å². The third-order valence-corrected chi connectivity index (χ3v) is 4.67. The number of piperidine rings is 1. The molecule has 0 bridgehead atoms. The van der Waals surface area contributed by atoms with Crippen molar-refractivity contribution in [2.75, 3.05) is 32.8 Å². The summed E-state index contributed by atoms with van der Waals surface area (Å²) in [4.78, 5) is 14.4. The SMILES string of the molecule is O=C(NCc1ccc(CN2CCC(O)CC2)cc1)[C@H]1CNCCO1. The second-order valence-electron chi connectivity index (χ2n) is 6.61. The van der Waals surface area contributed by atoms with Crippen LogP contribution < -0.4 is 10.6 Å². The van der Waals surface area contributed by atoms with Crippen molar-refractivity contribution >= 4 is 5.91 Å². The Bertz CT molecular complexity index is 521. The lowest BCUT2D eigenvalue weighted by molar-refractivity contribution is -0.134. The van der Waals surface area contributed by atoms with Gasteiger partial charge in [0.1, 0.15) is 6.10 Å². The van der Waals surface area contributed by atoms with Crippen LogP contribution in [0.5, 0.6) is 0 Å². The Kier molecular flexibility index (Phi) is 6.20. The topological polar surface area (TPSA) is 73.8 Å². The standard InChI is InChI=1S/C18H27N3O3/c22-16-5-8-21(9-6-16)13-15-3-1-14(2-4-15)11-20-18(23)17-12-19-7-10-24-17/h1-4,16-17,19,22H,5-13H2,(H,20,23)/t17-/m1/s1. The Morgan fingerprint density at radius 2 is 1.96 bits per heavy atom. The summed E-state index contributed by atoms with van der Waals surface area (Å²) in [5.74, 6) is -0.0573. The van der Waals surface area contributed by atoms with Gasteiger partial charge in [-0.25, -0.2) is 0 Å². The maximum atomic E-state index is 12.0. The van der Waals surface area contributed by atoms with Gasteiger partial charge in [-0.05, 0) is 24.0 Å². The molecule has 1 aromatic rings. The number of nitrogens with one attached hydrogen (secondary N) is 2. The molecule has 1 amide bonds. The number of carbonyl (C=O) groups is 1. The quantitative estimate of drug-likeness (QED) is 0.720. The molecule has 24 heavy (non-hydrogen) atoms. The molecule has 6 heteroatoms. The average Bonchev–Trinajstić information content (AvgIpc) is 2.63. The number of benzene rings is 1. The van der Waals surface area contributed by atoms with E-state index in [0.29, 0.717) is 19.7 Å². The lowest BCUT2D eigenvalue weighted by Gasteiger charge is -2.29. The van der Waals surface area contributed by atoms with E-state index >= 15 is 0 Å². The number of hydrogen-bond donors (Lipinski definition) is 3. The number of amides is 1. The van der Waals surface area contributed by atoms with Gasteiger partial charge in [0.2, 0.25) is 0 Å². The van der Waals surface area contributed by atoms with Crippen LogP contribution in [-0.2, 0) is 22.6 Å². The van der Waals surface area contributed by atoms with Gasteiger partial charge in [0.25, 0.3) is 5.91 Å². The van der Waals surface area contributed by atoms with Crippen LogP contribution >= 0.6 is 0 Å². The zero-order chi connectivity index (χ0) is 16.8. The number of morpholine rings is 1. The second kappa shape index (κ2) is 8.58. The minimum atomic E-state index is -0.382. The Morgan fingerprint density at radius 1 is 1.25 bits per heavy atom. The molecule has 2 fully saturated rings. The van der Waals surface area contributed by atoms with Crippen molar-refractivity contribution in [3.8, 4) is 0 Å². The molecule has 2 aliphatic heterocycles. The summed E-state index contributed by atoms with van der Waals surface area (Å²) < 4.78 is 5.44. The summed E-state index contributed by atoms with van der Waals surface area (Å²) in [6.45, 7) is 5.31. The molecule has 1 aromatic carbocycles. The maximum Gasteiger partial charge on any atom is 0.250 e. The van der Waals surface area contributed by atoms with Crippen LogP contribution in [0.1, 0.15) is 24.0 Å². The molecule has 3 rings (SSSR count). The van der Waals surface area contributed by atoms with E-state index in [-0.39, 0.29) is 18.1 Å². The molecule has 2 heterocycles. The summed E-state index contributed by atoms with van der Waals surface area (Å²) in [6, 6.07) is 8.36. The monoisotopic (exact) mass is 333 g/mol. The van der Waals surface area contributed by atoms with E-state index in [1.54, 1.807) is 0 Å². The number of nitrogens with zero attached hydrogens (tertiary/aromatic N) is 1. The van der Waals surface area contributed by atoms with Crippen LogP contribution in [0.25, 0.3) is 0 Å². The molecule has 2 saturated heterocycles. The number of likely N-dealkylation sites (tertiary alicyclic amines) is 1. The molecule has 6 nitrogen and oxygen atoms in total. The average molecular weight is 333 g/mol. The van der Waals surface area contributed by atoms with Gasteiger partial charge in [-0.3, -0.25) is 9.69 Å². The molecule has 0 aliphatic carbocycles. The molecule has 2 aliphatic rings. The molecule has 132 valence electrons. The third-order valence-electron chi connectivity index (χ3n) is 4.67. The highest BCUT2D eigenvalue weighted by Crippen LogP contribution is 2.14. The molecule has 3 N–H and O–H groups in total. The zero-order valence-electron chi connectivity index (χ0n) is 14.0. The molecule has 0 aromatic heterocycles. The normalized spacial score (nSPS) is 23.1. The highest BCUT2D eigenvalue weighted by atomic mass is 16.5. The fourth-order valence-corrected chi connectivity index (χ4v) is 3.14. The van der Waals surface area contributed by atoms with E-state index in [1.807, 2.05) is 0 Å². The number of ether oxygens (including phenoxy) is 1. The minimum Gasteiger partial charge on any atom is -0.393 e. The van der Waals surface area contributed by atoms with Gasteiger partial charge < -0.3 is 20.5 Å². The van der Waals surface area contributed by atoms with Crippen molar-refractivity contribution in [1.29, 1.82) is 0 Å². The first-order valence-electron chi connectivity index (χ1n) is 8.79. The van der Waals surface area contributed by atoms with E-state index in [1.165, 1.54) is 5.56 Å². The molecule has 0 spiro atoms. The first-order chi connectivity index (χ1) is 11.7. The number of aliphatic hydroxyl groups is 1. The van der Waals surface area contributed by atoms with Gasteiger partial charge >= 0.3 is 0 Å². The summed E-state index contributed by atoms with van der Waals surface area (Å²) >= 11 is 0. The predicted molar refractivity (Wildman–Crippen MR) is 91.4 cm³/mol. The lowest BCUT2D eigenvalue weighted by Crippen LogP contribution is -2.47. The van der Waals surface area contributed by atoms with Crippen molar-refractivity contribution in [3.05, 3.63) is 35.4 Å². The van der Waals surface area contributed by atoms with Crippen LogP contribution in [0.3, 0.4) is 0 Å². The van der Waals surface area contributed by atoms with Crippen molar-refractivity contribution in [3.63, 3.8) is 0 Å². The summed E-state index contributed by atoms with van der Waals surface area (Å²) in [7, 11) is 0. The molecular formula is C18H27N3O3. The summed E-state index contributed by atoms with van der Waals surface area (Å²) in [5.41, 5.74) is 2.35. The molecular weight excluding hydrogens is 306 g/mol. The minimum absolute atomic E-state index is 0.0573. The number of aliphatic hydroxyl groups excluding tert-OH is 1. The van der Waals surface area contributed by atoms with Crippen LogP contribution in [-0.4, -0.2) is 60.9 Å². The smallest absolute Gasteiger partial charge is 0.250 e. The van der Waals surface area contributed by atoms with Gasteiger partial charge in [0, 0.05) is 39.3 Å². The van der Waals surface area contributed by atoms with Crippen molar-refractivity contribution < 1.29 is 14.6 Å². The van der Waals surface area contributed by atoms with Crippen LogP contribution in [0, 0.1) is 0 Å². The van der Waals surface area contributed by atoms with E-state index in [2.05, 4.69) is 39.8 Å². The highest BCUT2D eigenvalue weighted by molar-refractivity contribution is 5.81. The third kappa shape index (κ3) is 5.01. The van der Waals surface area contributed by atoms with Gasteiger partial charge in [0.15, 0.2) is 0 Å². The molecule has 1 atom stereocenters. The molecule has 0 saturated carbocycles. The predicted octanol–water partition coefficient (Wildman–Crippen LogP) is 0.248. The van der Waals surface area contributed by atoms with E-state index in [9.17, 15) is 9.90 Å². The zero-order valence-corrected chi connectivity index (χ0v) is 14.0. The fourth-order valence-electron chi connectivity index (χ4n) is 3.14. The number of hydrogen-bond acceptors (Lipinski definition) is 5. The van der Waals surface area contributed by atoms with Crippen molar-refractivity contribution in [2.45, 2.75) is 38.1 Å². The Hall–Kier alpha value is -1.47. The maximum absolute atomic E-state index is 12.0. The van der Waals surface area contributed by atoms with Gasteiger partial charge in [-0.1, -0.05) is 24.3 Å². The first kappa shape index (κ1) is 17.4. The van der Waals surface area contributed by atoms with Gasteiger partial charge in [-0.15, -0.1) is 0 Å². The lowest BCUT2D eigenvalue weighted by atomic mass is 10.1. The Labute approximate surface area is 143 Å². The molecule has 0 radical (unpaired) electrons. The second-order valence-corrected chi connectivity index (χ2v) is 6.61. The number of carbonyl (C=O) groups excluding carboxylic acids is 1. The largest absolute Gasteiger partial charge is 0.393 e. The van der Waals surface area contributed by atoms with E-state index in [0.717, 1.165) is 44.6 Å². The Morgan fingerprint density at radius 3 is 2.62 bits per heavy atom. The number of rotatable bonds is 5. The fraction of sp³-hybridized carbons (Fsp3) is 0.611. The molecule has 0 unspecified atom stereocenters. The summed E-state index contributed by atoms with van der Waals surface area (Å²) in [6.07, 6.45) is 1.22. The van der Waals surface area contributed by atoms with Crippen LogP contribution in [0.4, 0.5) is 0 Å². The van der Waals surface area contributed by atoms with Gasteiger partial charge in [0.05, 0.1) is 12.7 Å². The van der Waals surface area contributed by atoms with Crippen molar-refractivity contribution in [2.24, 2.45) is 0 Å². The van der Waals surface area contributed by atoms with Crippen molar-refractivity contribution in [1.82, 2.24) is 15.5 Å². The highest BCUT2D eigenvalue weighted by Gasteiger charge is 2.21. The van der Waals surface area contributed by atoms with E-state index in [4.69, 9.17) is 4.74 Å². The first-order valence-corrected chi connectivity index (χ1v) is 8.79.